The Morgan fingerprint density at radius 1 is 1.26 bits per heavy atom. The fraction of sp³-hybridized carbons (Fsp3) is 0.632. The van der Waals surface area contributed by atoms with Gasteiger partial charge in [-0.05, 0) is 37.0 Å². The molecule has 23 heavy (non-hydrogen) atoms. The second-order valence-electron chi connectivity index (χ2n) is 7.04. The van der Waals surface area contributed by atoms with E-state index in [1.54, 1.807) is 0 Å². The molecular weight excluding hydrogens is 290 g/mol. The van der Waals surface area contributed by atoms with Gasteiger partial charge in [-0.25, -0.2) is 0 Å². The summed E-state index contributed by atoms with van der Waals surface area (Å²) in [5.74, 6) is 0.745. The number of carbonyl (C=O) groups excluding carboxylic acids is 1. The fourth-order valence-corrected chi connectivity index (χ4v) is 3.07. The first-order valence-electron chi connectivity index (χ1n) is 8.72. The summed E-state index contributed by atoms with van der Waals surface area (Å²) in [5.41, 5.74) is 1.65. The summed E-state index contributed by atoms with van der Waals surface area (Å²) >= 11 is 0. The molecule has 0 radical (unpaired) electrons. The largest absolute Gasteiger partial charge is 0.490 e. The normalized spacial score (nSPS) is 20.6. The van der Waals surface area contributed by atoms with Crippen LogP contribution < -0.4 is 10.1 Å². The van der Waals surface area contributed by atoms with Crippen molar-refractivity contribution in [2.24, 2.45) is 5.41 Å². The average Bonchev–Trinajstić information content (AvgIpc) is 3.35. The molecule has 1 aromatic carbocycles. The van der Waals surface area contributed by atoms with E-state index in [1.807, 2.05) is 24.3 Å². The molecular formula is C19H27NO3. The van der Waals surface area contributed by atoms with Crippen molar-refractivity contribution in [3.8, 4) is 5.75 Å². The molecule has 1 spiro atoms. The second-order valence-corrected chi connectivity index (χ2v) is 7.04. The molecule has 1 aliphatic heterocycles. The van der Waals surface area contributed by atoms with E-state index in [0.717, 1.165) is 37.2 Å². The van der Waals surface area contributed by atoms with Gasteiger partial charge in [0, 0.05) is 24.9 Å². The topological polar surface area (TPSA) is 47.6 Å². The summed E-state index contributed by atoms with van der Waals surface area (Å²) < 4.78 is 10.7. The first-order valence-corrected chi connectivity index (χ1v) is 8.72. The molecule has 4 rings (SSSR count). The molecule has 0 aromatic heterocycles. The van der Waals surface area contributed by atoms with E-state index in [2.05, 4.69) is 10.1 Å². The van der Waals surface area contributed by atoms with Crippen molar-refractivity contribution in [2.45, 2.75) is 51.0 Å². The average molecular weight is 317 g/mol. The van der Waals surface area contributed by atoms with Gasteiger partial charge in [0.05, 0.1) is 13.2 Å². The zero-order valence-corrected chi connectivity index (χ0v) is 14.0. The van der Waals surface area contributed by atoms with E-state index >= 15 is 0 Å². The molecule has 0 bridgehead atoms. The number of ether oxygens (including phenoxy) is 2. The number of methoxy groups -OCH3 is 1. The van der Waals surface area contributed by atoms with Crippen LogP contribution >= 0.6 is 0 Å². The predicted molar refractivity (Wildman–Crippen MR) is 89.6 cm³/mol. The first kappa shape index (κ1) is 16.3. The molecule has 3 fully saturated rings. The Labute approximate surface area is 138 Å². The molecule has 4 heteroatoms. The van der Waals surface area contributed by atoms with Gasteiger partial charge in [0.25, 0.3) is 0 Å². The molecule has 1 heterocycles. The zero-order valence-electron chi connectivity index (χ0n) is 14.0. The molecule has 2 saturated carbocycles. The molecule has 126 valence electrons. The highest BCUT2D eigenvalue weighted by atomic mass is 16.5. The lowest BCUT2D eigenvalue weighted by atomic mass is 9.63. The van der Waals surface area contributed by atoms with Crippen LogP contribution in [0.15, 0.2) is 24.3 Å². The lowest BCUT2D eigenvalue weighted by Crippen LogP contribution is -2.62. The number of carbonyl (C=O) groups is 1. The number of nitrogens with one attached hydrogen (secondary N) is 1. The number of hydrogen-bond donors (Lipinski definition) is 1. The van der Waals surface area contributed by atoms with Crippen LogP contribution in [0.2, 0.25) is 0 Å². The van der Waals surface area contributed by atoms with Crippen LogP contribution in [0.4, 0.5) is 0 Å². The van der Waals surface area contributed by atoms with E-state index < -0.39 is 0 Å². The minimum Gasteiger partial charge on any atom is -0.490 e. The molecule has 1 N–H and O–H groups in total. The maximum atomic E-state index is 11.2. The van der Waals surface area contributed by atoms with Gasteiger partial charge in [-0.1, -0.05) is 31.4 Å². The number of aryl methyl sites for hydroxylation is 1. The highest BCUT2D eigenvalue weighted by Gasteiger charge is 2.49. The smallest absolute Gasteiger partial charge is 0.305 e. The minimum atomic E-state index is -0.172. The van der Waals surface area contributed by atoms with Gasteiger partial charge in [-0.2, -0.15) is 0 Å². The van der Waals surface area contributed by atoms with Crippen molar-refractivity contribution in [3.63, 3.8) is 0 Å². The Morgan fingerprint density at radius 2 is 2.00 bits per heavy atom. The lowest BCUT2D eigenvalue weighted by molar-refractivity contribution is -0.140. The van der Waals surface area contributed by atoms with Gasteiger partial charge >= 0.3 is 5.97 Å². The molecule has 3 aliphatic rings. The van der Waals surface area contributed by atoms with Crippen molar-refractivity contribution in [2.75, 3.05) is 20.2 Å². The first-order chi connectivity index (χ1) is 11.2. The summed E-state index contributed by atoms with van der Waals surface area (Å²) in [5, 5.41) is 3.33. The van der Waals surface area contributed by atoms with Crippen molar-refractivity contribution in [1.82, 2.24) is 5.32 Å². The third-order valence-corrected chi connectivity index (χ3v) is 4.72. The van der Waals surface area contributed by atoms with Crippen LogP contribution in [-0.2, 0) is 16.0 Å². The van der Waals surface area contributed by atoms with Gasteiger partial charge < -0.3 is 14.8 Å². The minimum absolute atomic E-state index is 0.172. The third-order valence-electron chi connectivity index (χ3n) is 4.72. The van der Waals surface area contributed by atoms with Gasteiger partial charge in [-0.3, -0.25) is 4.79 Å². The predicted octanol–water partition coefficient (Wildman–Crippen LogP) is 3.09. The van der Waals surface area contributed by atoms with E-state index in [4.69, 9.17) is 4.74 Å². The monoisotopic (exact) mass is 317 g/mol. The Morgan fingerprint density at radius 3 is 2.57 bits per heavy atom. The zero-order chi connectivity index (χ0) is 16.1. The maximum Gasteiger partial charge on any atom is 0.305 e. The summed E-state index contributed by atoms with van der Waals surface area (Å²) in [6.07, 6.45) is 8.28. The van der Waals surface area contributed by atoms with Gasteiger partial charge in [0.1, 0.15) is 5.75 Å². The lowest BCUT2D eigenvalue weighted by Gasteiger charge is -2.53. The van der Waals surface area contributed by atoms with E-state index in [-0.39, 0.29) is 5.97 Å². The summed E-state index contributed by atoms with van der Waals surface area (Å²) in [6, 6.07) is 8.04. The van der Waals surface area contributed by atoms with Crippen molar-refractivity contribution in [1.29, 1.82) is 0 Å². The standard InChI is InChI=1S/C16H21NO3.C3H6/c1-19-15(18)6-5-12-3-2-4-13(7-12)20-14-8-16(9-14)10-17-11-16;1-2-3-1/h2-4,7,14,17H,5-6,8-11H2,1H3;1-3H2. The quantitative estimate of drug-likeness (QED) is 0.848. The number of esters is 1. The number of rotatable bonds is 5. The summed E-state index contributed by atoms with van der Waals surface area (Å²) in [7, 11) is 1.42. The SMILES string of the molecule is C1CC1.COC(=O)CCc1cccc(OC2CC3(CNC3)C2)c1. The molecule has 0 amide bonds. The van der Waals surface area contributed by atoms with E-state index in [9.17, 15) is 4.79 Å². The fourth-order valence-electron chi connectivity index (χ4n) is 3.07. The maximum absolute atomic E-state index is 11.2. The Kier molecular flexibility index (Phi) is 5.21. The third kappa shape index (κ3) is 4.71. The van der Waals surface area contributed by atoms with Crippen molar-refractivity contribution < 1.29 is 14.3 Å². The molecule has 4 nitrogen and oxygen atoms in total. The van der Waals surface area contributed by atoms with Crippen molar-refractivity contribution >= 4 is 5.97 Å². The molecule has 1 saturated heterocycles. The molecule has 0 unspecified atom stereocenters. The van der Waals surface area contributed by atoms with Crippen LogP contribution in [-0.4, -0.2) is 32.3 Å². The molecule has 0 atom stereocenters. The summed E-state index contributed by atoms with van der Waals surface area (Å²) in [6.45, 7) is 2.29. The number of hydrogen-bond acceptors (Lipinski definition) is 4. The Balaban J connectivity index is 0.000000468. The highest BCUT2D eigenvalue weighted by Crippen LogP contribution is 2.45. The summed E-state index contributed by atoms with van der Waals surface area (Å²) in [4.78, 5) is 11.2. The van der Waals surface area contributed by atoms with Crippen LogP contribution in [0.5, 0.6) is 5.75 Å². The Bertz CT molecular complexity index is 526. The van der Waals surface area contributed by atoms with Crippen LogP contribution in [0.25, 0.3) is 0 Å². The Hall–Kier alpha value is -1.55. The van der Waals surface area contributed by atoms with Crippen molar-refractivity contribution in [3.05, 3.63) is 29.8 Å². The van der Waals surface area contributed by atoms with Gasteiger partial charge in [-0.15, -0.1) is 0 Å². The second kappa shape index (κ2) is 7.35. The van der Waals surface area contributed by atoms with Crippen LogP contribution in [0, 0.1) is 5.41 Å². The van der Waals surface area contributed by atoms with Gasteiger partial charge in [0.15, 0.2) is 0 Å². The number of benzene rings is 1. The van der Waals surface area contributed by atoms with E-state index in [0.29, 0.717) is 24.4 Å². The molecule has 1 aromatic rings. The molecule has 2 aliphatic carbocycles. The highest BCUT2D eigenvalue weighted by molar-refractivity contribution is 5.69. The van der Waals surface area contributed by atoms with Crippen LogP contribution in [0.3, 0.4) is 0 Å². The van der Waals surface area contributed by atoms with Gasteiger partial charge in [0.2, 0.25) is 0 Å². The van der Waals surface area contributed by atoms with Crippen LogP contribution in [0.1, 0.15) is 44.1 Å². The van der Waals surface area contributed by atoms with E-state index in [1.165, 1.54) is 26.4 Å².